The number of hydrogen-bond donors (Lipinski definition) is 1. The first kappa shape index (κ1) is 14.9. The van der Waals surface area contributed by atoms with E-state index < -0.39 is 5.97 Å². The summed E-state index contributed by atoms with van der Waals surface area (Å²) >= 11 is 5.97. The van der Waals surface area contributed by atoms with Gasteiger partial charge in [0.05, 0.1) is 16.6 Å². The Bertz CT molecular complexity index is 970. The first-order valence-corrected chi connectivity index (χ1v) is 7.04. The average molecular weight is 327 g/mol. The number of aromatic nitrogens is 2. The van der Waals surface area contributed by atoms with Crippen molar-refractivity contribution in [3.8, 4) is 24.2 Å². The van der Waals surface area contributed by atoms with Gasteiger partial charge in [0.25, 0.3) is 0 Å². The highest BCUT2D eigenvalue weighted by atomic mass is 35.5. The smallest absolute Gasteiger partial charge is 0.336 e. The summed E-state index contributed by atoms with van der Waals surface area (Å²) < 4.78 is 7.09. The Morgan fingerprint density at radius 3 is 2.83 bits per heavy atom. The summed E-state index contributed by atoms with van der Waals surface area (Å²) in [5, 5.41) is 9.71. The zero-order chi connectivity index (χ0) is 16.6. The van der Waals surface area contributed by atoms with Crippen molar-refractivity contribution >= 4 is 28.6 Å². The minimum absolute atomic E-state index is 0.161. The number of fused-ring (bicyclic) bond motifs is 1. The third-order valence-corrected chi connectivity index (χ3v) is 3.60. The molecule has 0 fully saturated rings. The summed E-state index contributed by atoms with van der Waals surface area (Å²) in [6.45, 7) is 1.71. The highest BCUT2D eigenvalue weighted by molar-refractivity contribution is 6.31. The fraction of sp³-hybridized carbons (Fsp3) is 0.0588. The van der Waals surface area contributed by atoms with E-state index in [9.17, 15) is 9.90 Å². The number of nitrogens with zero attached hydrogens (tertiary/aromatic N) is 2. The lowest BCUT2D eigenvalue weighted by atomic mass is 10.1. The Morgan fingerprint density at radius 1 is 1.35 bits per heavy atom. The Morgan fingerprint density at radius 2 is 2.13 bits per heavy atom. The summed E-state index contributed by atoms with van der Waals surface area (Å²) in [5.41, 5.74) is 2.07. The van der Waals surface area contributed by atoms with Crippen LogP contribution in [0.3, 0.4) is 0 Å². The SMILES string of the molecule is C#Cn1c(Oc2ccc(C)c(C(=O)O)c2)nc2ccc(Cl)cc21. The molecule has 3 rings (SSSR count). The van der Waals surface area contributed by atoms with Gasteiger partial charge in [-0.1, -0.05) is 24.1 Å². The van der Waals surface area contributed by atoms with Gasteiger partial charge in [-0.15, -0.1) is 0 Å². The predicted molar refractivity (Wildman–Crippen MR) is 87.2 cm³/mol. The van der Waals surface area contributed by atoms with E-state index in [1.807, 2.05) is 0 Å². The molecule has 2 aromatic carbocycles. The fourth-order valence-electron chi connectivity index (χ4n) is 2.22. The summed E-state index contributed by atoms with van der Waals surface area (Å²) in [6, 6.07) is 12.5. The van der Waals surface area contributed by atoms with Gasteiger partial charge in [0.15, 0.2) is 0 Å². The lowest BCUT2D eigenvalue weighted by Gasteiger charge is -2.07. The largest absolute Gasteiger partial charge is 0.478 e. The van der Waals surface area contributed by atoms with Crippen LogP contribution < -0.4 is 4.74 Å². The molecule has 5 nitrogen and oxygen atoms in total. The Hall–Kier alpha value is -2.97. The van der Waals surface area contributed by atoms with Gasteiger partial charge in [-0.3, -0.25) is 0 Å². The molecule has 23 heavy (non-hydrogen) atoms. The van der Waals surface area contributed by atoms with E-state index in [1.165, 1.54) is 10.6 Å². The van der Waals surface area contributed by atoms with E-state index in [2.05, 4.69) is 11.0 Å². The highest BCUT2D eigenvalue weighted by Gasteiger charge is 2.14. The minimum atomic E-state index is -1.02. The van der Waals surface area contributed by atoms with Crippen LogP contribution >= 0.6 is 11.6 Å². The molecule has 6 heteroatoms. The molecule has 3 aromatic rings. The second-order valence-corrected chi connectivity index (χ2v) is 5.31. The number of carboxylic acid groups (broad SMARTS) is 1. The van der Waals surface area contributed by atoms with Crippen molar-refractivity contribution in [3.05, 3.63) is 52.5 Å². The van der Waals surface area contributed by atoms with Crippen LogP contribution in [0, 0.1) is 19.4 Å². The molecular weight excluding hydrogens is 316 g/mol. The molecule has 0 saturated carbocycles. The number of benzene rings is 2. The van der Waals surface area contributed by atoms with E-state index in [1.54, 1.807) is 37.3 Å². The van der Waals surface area contributed by atoms with Crippen molar-refractivity contribution in [2.24, 2.45) is 0 Å². The Labute approximate surface area is 137 Å². The zero-order valence-electron chi connectivity index (χ0n) is 12.1. The molecule has 1 N–H and O–H groups in total. The van der Waals surface area contributed by atoms with Crippen molar-refractivity contribution in [1.29, 1.82) is 0 Å². The summed E-state index contributed by atoms with van der Waals surface area (Å²) in [5.74, 6) is -0.684. The highest BCUT2D eigenvalue weighted by Crippen LogP contribution is 2.28. The molecule has 114 valence electrons. The van der Waals surface area contributed by atoms with Crippen LogP contribution in [0.1, 0.15) is 15.9 Å². The Balaban J connectivity index is 2.07. The first-order valence-electron chi connectivity index (χ1n) is 6.66. The van der Waals surface area contributed by atoms with E-state index in [-0.39, 0.29) is 11.6 Å². The molecular formula is C17H11ClN2O3. The number of halogens is 1. The molecule has 1 heterocycles. The van der Waals surface area contributed by atoms with Gasteiger partial charge in [-0.05, 0) is 42.8 Å². The number of carbonyl (C=O) groups is 1. The second kappa shape index (κ2) is 5.67. The van der Waals surface area contributed by atoms with Crippen LogP contribution in [-0.2, 0) is 0 Å². The number of aromatic carboxylic acids is 1. The molecule has 0 aliphatic carbocycles. The molecule has 0 bridgehead atoms. The fourth-order valence-corrected chi connectivity index (χ4v) is 2.39. The number of hydrogen-bond acceptors (Lipinski definition) is 3. The molecule has 0 atom stereocenters. The number of rotatable bonds is 3. The van der Waals surface area contributed by atoms with Gasteiger partial charge in [0.2, 0.25) is 0 Å². The monoisotopic (exact) mass is 326 g/mol. The molecule has 0 amide bonds. The van der Waals surface area contributed by atoms with Crippen LogP contribution in [0.15, 0.2) is 36.4 Å². The second-order valence-electron chi connectivity index (χ2n) is 4.88. The zero-order valence-corrected chi connectivity index (χ0v) is 12.8. The van der Waals surface area contributed by atoms with Crippen LogP contribution in [0.4, 0.5) is 0 Å². The predicted octanol–water partition coefficient (Wildman–Crippen LogP) is 3.93. The molecule has 0 saturated heterocycles. The number of terminal acetylenes is 1. The maximum absolute atomic E-state index is 11.2. The standard InChI is InChI=1S/C17H11ClN2O3/c1-3-20-15-8-11(18)5-7-14(15)19-17(20)23-12-6-4-10(2)13(9-12)16(21)22/h1,4-9H,2H3,(H,21,22). The molecule has 1 aromatic heterocycles. The van der Waals surface area contributed by atoms with Crippen molar-refractivity contribution < 1.29 is 14.6 Å². The van der Waals surface area contributed by atoms with Gasteiger partial charge in [-0.2, -0.15) is 4.98 Å². The van der Waals surface area contributed by atoms with Gasteiger partial charge >= 0.3 is 12.0 Å². The van der Waals surface area contributed by atoms with E-state index >= 15 is 0 Å². The first-order chi connectivity index (χ1) is 11.0. The number of aryl methyl sites for hydroxylation is 1. The maximum Gasteiger partial charge on any atom is 0.336 e. The average Bonchev–Trinajstić information content (AvgIpc) is 2.85. The van der Waals surface area contributed by atoms with E-state index in [4.69, 9.17) is 22.8 Å². The molecule has 0 radical (unpaired) electrons. The van der Waals surface area contributed by atoms with Gasteiger partial charge < -0.3 is 9.84 Å². The summed E-state index contributed by atoms with van der Waals surface area (Å²) in [6.07, 6.45) is 5.52. The van der Waals surface area contributed by atoms with Crippen molar-refractivity contribution in [2.75, 3.05) is 0 Å². The van der Waals surface area contributed by atoms with E-state index in [0.29, 0.717) is 27.4 Å². The van der Waals surface area contributed by atoms with Crippen molar-refractivity contribution in [3.63, 3.8) is 0 Å². The van der Waals surface area contributed by atoms with Crippen LogP contribution in [0.25, 0.3) is 11.0 Å². The van der Waals surface area contributed by atoms with Crippen LogP contribution in [0.5, 0.6) is 11.8 Å². The number of imidazole rings is 1. The molecule has 0 spiro atoms. The van der Waals surface area contributed by atoms with Crippen LogP contribution in [-0.4, -0.2) is 20.6 Å². The third kappa shape index (κ3) is 2.72. The minimum Gasteiger partial charge on any atom is -0.478 e. The quantitative estimate of drug-likeness (QED) is 0.741. The van der Waals surface area contributed by atoms with Crippen LogP contribution in [0.2, 0.25) is 5.02 Å². The normalized spacial score (nSPS) is 10.5. The van der Waals surface area contributed by atoms with Gasteiger partial charge in [0.1, 0.15) is 5.75 Å². The summed E-state index contributed by atoms with van der Waals surface area (Å²) in [7, 11) is 0. The summed E-state index contributed by atoms with van der Waals surface area (Å²) in [4.78, 5) is 15.5. The molecule has 0 aliphatic heterocycles. The maximum atomic E-state index is 11.2. The van der Waals surface area contributed by atoms with Crippen molar-refractivity contribution in [1.82, 2.24) is 9.55 Å². The lowest BCUT2D eigenvalue weighted by Crippen LogP contribution is -2.01. The Kier molecular flexibility index (Phi) is 3.68. The molecule has 0 aliphatic rings. The lowest BCUT2D eigenvalue weighted by molar-refractivity contribution is 0.0695. The third-order valence-electron chi connectivity index (χ3n) is 3.36. The van der Waals surface area contributed by atoms with E-state index in [0.717, 1.165) is 0 Å². The molecule has 0 unspecified atom stereocenters. The number of carboxylic acids is 1. The van der Waals surface area contributed by atoms with Gasteiger partial charge in [-0.25, -0.2) is 9.36 Å². The van der Waals surface area contributed by atoms with Crippen molar-refractivity contribution in [2.45, 2.75) is 6.92 Å². The topological polar surface area (TPSA) is 64.3 Å². The van der Waals surface area contributed by atoms with Gasteiger partial charge in [0, 0.05) is 11.1 Å². The number of ether oxygens (including phenoxy) is 1.